The van der Waals surface area contributed by atoms with Gasteiger partial charge in [-0.2, -0.15) is 5.26 Å². The Morgan fingerprint density at radius 2 is 1.71 bits per heavy atom. The van der Waals surface area contributed by atoms with Gasteiger partial charge in [0.05, 0.1) is 11.3 Å². The van der Waals surface area contributed by atoms with Gasteiger partial charge in [0.25, 0.3) is 0 Å². The summed E-state index contributed by atoms with van der Waals surface area (Å²) < 4.78 is 0. The van der Waals surface area contributed by atoms with Crippen LogP contribution < -0.4 is 5.32 Å². The van der Waals surface area contributed by atoms with Crippen molar-refractivity contribution in [1.82, 2.24) is 0 Å². The fourth-order valence-corrected chi connectivity index (χ4v) is 2.17. The molecule has 0 atom stereocenters. The smallest absolute Gasteiger partial charge is 0.230 e. The summed E-state index contributed by atoms with van der Waals surface area (Å²) in [5.41, 5.74) is 1.60. The average molecular weight is 278 g/mol. The molecule has 0 heterocycles. The van der Waals surface area contributed by atoms with Crippen molar-refractivity contribution >= 4 is 11.6 Å². The van der Waals surface area contributed by atoms with Gasteiger partial charge in [0.15, 0.2) is 0 Å². The first-order valence-electron chi connectivity index (χ1n) is 6.87. The largest absolute Gasteiger partial charge is 0.324 e. The minimum absolute atomic E-state index is 0.0888. The van der Waals surface area contributed by atoms with E-state index >= 15 is 0 Å². The quantitative estimate of drug-likeness (QED) is 0.925. The molecule has 3 heteroatoms. The molecule has 0 unspecified atom stereocenters. The molecule has 0 radical (unpaired) electrons. The van der Waals surface area contributed by atoms with Gasteiger partial charge in [-0.1, -0.05) is 56.3 Å². The van der Waals surface area contributed by atoms with E-state index in [1.54, 1.807) is 24.3 Å². The fourth-order valence-electron chi connectivity index (χ4n) is 2.17. The predicted octanol–water partition coefficient (Wildman–Crippen LogP) is 3.77. The number of rotatable bonds is 4. The first-order valence-corrected chi connectivity index (χ1v) is 6.87. The van der Waals surface area contributed by atoms with Gasteiger partial charge in [-0.05, 0) is 24.1 Å². The molecular formula is C18H18N2O. The van der Waals surface area contributed by atoms with Crippen LogP contribution in [0.1, 0.15) is 25.0 Å². The molecule has 21 heavy (non-hydrogen) atoms. The van der Waals surface area contributed by atoms with Gasteiger partial charge in [0.2, 0.25) is 5.91 Å². The lowest BCUT2D eigenvalue weighted by atomic mass is 9.84. The van der Waals surface area contributed by atoms with Crippen LogP contribution in [-0.2, 0) is 11.2 Å². The van der Waals surface area contributed by atoms with Gasteiger partial charge in [-0.25, -0.2) is 0 Å². The van der Waals surface area contributed by atoms with Gasteiger partial charge in [0.1, 0.15) is 6.07 Å². The first-order chi connectivity index (χ1) is 10.0. The number of carbonyl (C=O) groups is 1. The van der Waals surface area contributed by atoms with Crippen LogP contribution in [-0.4, -0.2) is 5.91 Å². The van der Waals surface area contributed by atoms with E-state index in [2.05, 4.69) is 11.4 Å². The molecule has 0 spiro atoms. The molecule has 0 bridgehead atoms. The Labute approximate surface area is 125 Å². The van der Waals surface area contributed by atoms with Crippen molar-refractivity contribution in [3.05, 3.63) is 65.7 Å². The monoisotopic (exact) mass is 278 g/mol. The number of hydrogen-bond donors (Lipinski definition) is 1. The van der Waals surface area contributed by atoms with E-state index in [1.807, 2.05) is 44.2 Å². The number of nitriles is 1. The van der Waals surface area contributed by atoms with E-state index in [-0.39, 0.29) is 5.91 Å². The summed E-state index contributed by atoms with van der Waals surface area (Å²) in [5.74, 6) is -0.0888. The minimum Gasteiger partial charge on any atom is -0.324 e. The molecule has 2 aromatic rings. The standard InChI is InChI=1S/C18H18N2O/c1-18(2,12-14-8-4-3-5-9-14)17(21)20-16-11-7-6-10-15(16)13-19/h3-11H,12H2,1-2H3,(H,20,21). The Balaban J connectivity index is 2.14. The summed E-state index contributed by atoms with van der Waals surface area (Å²) in [7, 11) is 0. The highest BCUT2D eigenvalue weighted by molar-refractivity contribution is 5.96. The highest BCUT2D eigenvalue weighted by Crippen LogP contribution is 2.25. The minimum atomic E-state index is -0.552. The summed E-state index contributed by atoms with van der Waals surface area (Å²) in [5, 5.41) is 11.9. The maximum Gasteiger partial charge on any atom is 0.230 e. The molecule has 3 nitrogen and oxygen atoms in total. The Morgan fingerprint density at radius 1 is 1.10 bits per heavy atom. The zero-order valence-electron chi connectivity index (χ0n) is 12.3. The normalized spacial score (nSPS) is 10.7. The van der Waals surface area contributed by atoms with Crippen LogP contribution in [0, 0.1) is 16.7 Å². The summed E-state index contributed by atoms with van der Waals surface area (Å²) in [6.07, 6.45) is 0.647. The maximum atomic E-state index is 12.5. The Bertz CT molecular complexity index is 669. The van der Waals surface area contributed by atoms with E-state index in [1.165, 1.54) is 0 Å². The lowest BCUT2D eigenvalue weighted by Crippen LogP contribution is -2.33. The summed E-state index contributed by atoms with van der Waals surface area (Å²) in [4.78, 5) is 12.5. The van der Waals surface area contributed by atoms with Crippen molar-refractivity contribution in [2.75, 3.05) is 5.32 Å². The molecule has 1 N–H and O–H groups in total. The van der Waals surface area contributed by atoms with Crippen LogP contribution in [0.5, 0.6) is 0 Å². The summed E-state index contributed by atoms with van der Waals surface area (Å²) >= 11 is 0. The van der Waals surface area contributed by atoms with Gasteiger partial charge in [-0.15, -0.1) is 0 Å². The van der Waals surface area contributed by atoms with Crippen molar-refractivity contribution in [2.24, 2.45) is 5.41 Å². The first kappa shape index (κ1) is 14.8. The zero-order chi connectivity index (χ0) is 15.3. The number of benzene rings is 2. The van der Waals surface area contributed by atoms with E-state index < -0.39 is 5.41 Å². The predicted molar refractivity (Wildman–Crippen MR) is 83.7 cm³/mol. The van der Waals surface area contributed by atoms with Crippen LogP contribution in [0.4, 0.5) is 5.69 Å². The van der Waals surface area contributed by atoms with Crippen LogP contribution in [0.15, 0.2) is 54.6 Å². The molecule has 2 rings (SSSR count). The Morgan fingerprint density at radius 3 is 2.38 bits per heavy atom. The Kier molecular flexibility index (Phi) is 4.39. The molecule has 0 saturated carbocycles. The molecule has 2 aromatic carbocycles. The number of para-hydroxylation sites is 1. The molecule has 0 aliphatic heterocycles. The molecule has 1 amide bonds. The number of nitrogens with zero attached hydrogens (tertiary/aromatic N) is 1. The molecular weight excluding hydrogens is 260 g/mol. The van der Waals surface area contributed by atoms with Crippen LogP contribution in [0.2, 0.25) is 0 Å². The van der Waals surface area contributed by atoms with Gasteiger partial charge in [0, 0.05) is 5.41 Å². The number of amides is 1. The molecule has 106 valence electrons. The SMILES string of the molecule is CC(C)(Cc1ccccc1)C(=O)Nc1ccccc1C#N. The highest BCUT2D eigenvalue weighted by atomic mass is 16.2. The van der Waals surface area contributed by atoms with Crippen LogP contribution >= 0.6 is 0 Å². The summed E-state index contributed by atoms with van der Waals surface area (Å²) in [6.45, 7) is 3.81. The van der Waals surface area contributed by atoms with E-state index in [0.717, 1.165) is 5.56 Å². The van der Waals surface area contributed by atoms with Crippen LogP contribution in [0.3, 0.4) is 0 Å². The van der Waals surface area contributed by atoms with Crippen molar-refractivity contribution in [3.63, 3.8) is 0 Å². The number of anilines is 1. The van der Waals surface area contributed by atoms with Gasteiger partial charge in [-0.3, -0.25) is 4.79 Å². The molecule has 0 aromatic heterocycles. The van der Waals surface area contributed by atoms with Gasteiger partial charge >= 0.3 is 0 Å². The van der Waals surface area contributed by atoms with Crippen molar-refractivity contribution < 1.29 is 4.79 Å². The number of carbonyl (C=O) groups excluding carboxylic acids is 1. The lowest BCUT2D eigenvalue weighted by molar-refractivity contribution is -0.123. The van der Waals surface area contributed by atoms with E-state index in [4.69, 9.17) is 5.26 Å². The van der Waals surface area contributed by atoms with E-state index in [9.17, 15) is 4.79 Å². The summed E-state index contributed by atoms with van der Waals surface area (Å²) in [6, 6.07) is 19.0. The Hall–Kier alpha value is -2.60. The van der Waals surface area contributed by atoms with Gasteiger partial charge < -0.3 is 5.32 Å². The number of nitrogens with one attached hydrogen (secondary N) is 1. The zero-order valence-corrected chi connectivity index (χ0v) is 12.3. The lowest BCUT2D eigenvalue weighted by Gasteiger charge is -2.24. The highest BCUT2D eigenvalue weighted by Gasteiger charge is 2.28. The second kappa shape index (κ2) is 6.23. The molecule has 0 aliphatic carbocycles. The number of hydrogen-bond acceptors (Lipinski definition) is 2. The fraction of sp³-hybridized carbons (Fsp3) is 0.222. The van der Waals surface area contributed by atoms with Crippen molar-refractivity contribution in [1.29, 1.82) is 5.26 Å². The molecule has 0 fully saturated rings. The third-order valence-corrected chi connectivity index (χ3v) is 3.40. The van der Waals surface area contributed by atoms with Crippen LogP contribution in [0.25, 0.3) is 0 Å². The second-order valence-electron chi connectivity index (χ2n) is 5.66. The van der Waals surface area contributed by atoms with Crippen molar-refractivity contribution in [2.45, 2.75) is 20.3 Å². The second-order valence-corrected chi connectivity index (χ2v) is 5.66. The van der Waals surface area contributed by atoms with Crippen molar-refractivity contribution in [3.8, 4) is 6.07 Å². The third kappa shape index (κ3) is 3.70. The molecule has 0 saturated heterocycles. The molecule has 0 aliphatic rings. The topological polar surface area (TPSA) is 52.9 Å². The maximum absolute atomic E-state index is 12.5. The van der Waals surface area contributed by atoms with E-state index in [0.29, 0.717) is 17.7 Å². The average Bonchev–Trinajstić information content (AvgIpc) is 2.48. The third-order valence-electron chi connectivity index (χ3n) is 3.40.